The molecule has 0 saturated carbocycles. The van der Waals surface area contributed by atoms with Gasteiger partial charge in [-0.2, -0.15) is 0 Å². The maximum absolute atomic E-state index is 12.2. The van der Waals surface area contributed by atoms with Crippen LogP contribution in [-0.4, -0.2) is 20.8 Å². The van der Waals surface area contributed by atoms with Gasteiger partial charge in [0.15, 0.2) is 0 Å². The minimum absolute atomic E-state index is 0.0832. The van der Waals surface area contributed by atoms with Gasteiger partial charge in [-0.1, -0.05) is 44.5 Å². The quantitative estimate of drug-likeness (QED) is 0.682. The first-order valence-electron chi connectivity index (χ1n) is 8.83. The van der Waals surface area contributed by atoms with Gasteiger partial charge in [0.05, 0.1) is 0 Å². The minimum atomic E-state index is -3.42. The van der Waals surface area contributed by atoms with Crippen molar-refractivity contribution in [1.82, 2.24) is 0 Å². The van der Waals surface area contributed by atoms with Crippen molar-refractivity contribution in [2.75, 3.05) is 17.1 Å². The van der Waals surface area contributed by atoms with E-state index in [4.69, 9.17) is 4.74 Å². The Morgan fingerprint density at radius 3 is 2.16 bits per heavy atom. The number of nitrogens with one attached hydrogen (secondary N) is 1. The van der Waals surface area contributed by atoms with Crippen LogP contribution >= 0.6 is 0 Å². The van der Waals surface area contributed by atoms with Crippen molar-refractivity contribution in [2.45, 2.75) is 39.5 Å². The first-order chi connectivity index (χ1) is 12.0. The van der Waals surface area contributed by atoms with Crippen molar-refractivity contribution in [1.29, 1.82) is 0 Å². The van der Waals surface area contributed by atoms with Gasteiger partial charge in [-0.3, -0.25) is 4.72 Å². The topological polar surface area (TPSA) is 55.4 Å². The SMILES string of the molecule is CCCCc1ccc(NS(=O)(=O)CCOc2ccc(CC)cc2)cc1. The fourth-order valence-electron chi connectivity index (χ4n) is 2.44. The molecule has 2 aromatic rings. The molecule has 5 heteroatoms. The first-order valence-corrected chi connectivity index (χ1v) is 10.5. The van der Waals surface area contributed by atoms with Crippen molar-refractivity contribution < 1.29 is 13.2 Å². The van der Waals surface area contributed by atoms with E-state index in [0.29, 0.717) is 11.4 Å². The summed E-state index contributed by atoms with van der Waals surface area (Å²) in [5, 5.41) is 0. The molecule has 0 saturated heterocycles. The standard InChI is InChI=1S/C20H27NO3S/c1-3-5-6-18-7-11-19(12-8-18)21-25(22,23)16-15-24-20-13-9-17(4-2)10-14-20/h7-14,21H,3-6,15-16H2,1-2H3. The second-order valence-corrected chi connectivity index (χ2v) is 7.91. The van der Waals surface area contributed by atoms with E-state index >= 15 is 0 Å². The molecule has 0 aliphatic rings. The highest BCUT2D eigenvalue weighted by Crippen LogP contribution is 2.15. The zero-order valence-electron chi connectivity index (χ0n) is 15.0. The van der Waals surface area contributed by atoms with Crippen molar-refractivity contribution in [3.63, 3.8) is 0 Å². The molecule has 0 amide bonds. The molecule has 0 heterocycles. The average molecular weight is 362 g/mol. The van der Waals surface area contributed by atoms with Gasteiger partial charge in [0, 0.05) is 5.69 Å². The lowest BCUT2D eigenvalue weighted by Crippen LogP contribution is -2.21. The monoisotopic (exact) mass is 361 g/mol. The Morgan fingerprint density at radius 2 is 1.56 bits per heavy atom. The molecule has 2 rings (SSSR count). The average Bonchev–Trinajstić information content (AvgIpc) is 2.61. The van der Waals surface area contributed by atoms with Gasteiger partial charge in [0.25, 0.3) is 0 Å². The van der Waals surface area contributed by atoms with E-state index in [1.54, 1.807) is 0 Å². The molecular weight excluding hydrogens is 334 g/mol. The lowest BCUT2D eigenvalue weighted by atomic mass is 10.1. The Labute approximate surface area is 151 Å². The maximum atomic E-state index is 12.2. The van der Waals surface area contributed by atoms with Gasteiger partial charge in [-0.05, 0) is 54.7 Å². The van der Waals surface area contributed by atoms with Crippen LogP contribution in [0.4, 0.5) is 5.69 Å². The number of benzene rings is 2. The van der Waals surface area contributed by atoms with Crippen LogP contribution in [0.1, 0.15) is 37.8 Å². The molecular formula is C20H27NO3S. The number of anilines is 1. The Hall–Kier alpha value is -2.01. The number of sulfonamides is 1. The highest BCUT2D eigenvalue weighted by molar-refractivity contribution is 7.92. The molecule has 136 valence electrons. The molecule has 0 radical (unpaired) electrons. The van der Waals surface area contributed by atoms with Gasteiger partial charge in [-0.15, -0.1) is 0 Å². The van der Waals surface area contributed by atoms with E-state index in [-0.39, 0.29) is 12.4 Å². The number of ether oxygens (including phenoxy) is 1. The minimum Gasteiger partial charge on any atom is -0.492 e. The van der Waals surface area contributed by atoms with Crippen LogP contribution in [0.2, 0.25) is 0 Å². The molecule has 0 fully saturated rings. The maximum Gasteiger partial charge on any atom is 0.236 e. The fraction of sp³-hybridized carbons (Fsp3) is 0.400. The number of hydrogen-bond donors (Lipinski definition) is 1. The van der Waals surface area contributed by atoms with Crippen LogP contribution in [0.15, 0.2) is 48.5 Å². The summed E-state index contributed by atoms with van der Waals surface area (Å²) in [6, 6.07) is 15.3. The third-order valence-electron chi connectivity index (χ3n) is 4.00. The van der Waals surface area contributed by atoms with Crippen LogP contribution < -0.4 is 9.46 Å². The Kier molecular flexibility index (Phi) is 7.31. The molecule has 0 bridgehead atoms. The highest BCUT2D eigenvalue weighted by Gasteiger charge is 2.11. The predicted octanol–water partition coefficient (Wildman–Crippen LogP) is 4.41. The molecule has 1 N–H and O–H groups in total. The summed E-state index contributed by atoms with van der Waals surface area (Å²) in [5.41, 5.74) is 3.04. The molecule has 0 aliphatic carbocycles. The second kappa shape index (κ2) is 9.47. The van der Waals surface area contributed by atoms with Gasteiger partial charge < -0.3 is 4.74 Å². The van der Waals surface area contributed by atoms with Gasteiger partial charge in [0.2, 0.25) is 10.0 Å². The summed E-state index contributed by atoms with van der Waals surface area (Å²) in [5.74, 6) is 0.604. The van der Waals surface area contributed by atoms with E-state index in [1.165, 1.54) is 11.1 Å². The molecule has 0 atom stereocenters. The van der Waals surface area contributed by atoms with E-state index < -0.39 is 10.0 Å². The van der Waals surface area contributed by atoms with Crippen molar-refractivity contribution in [2.24, 2.45) is 0 Å². The molecule has 0 aromatic heterocycles. The molecule has 4 nitrogen and oxygen atoms in total. The van der Waals surface area contributed by atoms with Crippen molar-refractivity contribution >= 4 is 15.7 Å². The van der Waals surface area contributed by atoms with Gasteiger partial charge >= 0.3 is 0 Å². The number of hydrogen-bond acceptors (Lipinski definition) is 3. The molecule has 0 spiro atoms. The summed E-state index contributed by atoms with van der Waals surface area (Å²) in [4.78, 5) is 0. The van der Waals surface area contributed by atoms with E-state index in [0.717, 1.165) is 25.7 Å². The van der Waals surface area contributed by atoms with Crippen molar-refractivity contribution in [3.05, 3.63) is 59.7 Å². The summed E-state index contributed by atoms with van der Waals surface area (Å²) in [7, 11) is -3.42. The van der Waals surface area contributed by atoms with Crippen LogP contribution in [0, 0.1) is 0 Å². The lowest BCUT2D eigenvalue weighted by Gasteiger charge is -2.10. The normalized spacial score (nSPS) is 11.3. The Bertz CT molecular complexity index is 738. The predicted molar refractivity (Wildman–Crippen MR) is 104 cm³/mol. The zero-order chi connectivity index (χ0) is 18.1. The number of rotatable bonds is 10. The largest absolute Gasteiger partial charge is 0.492 e. The second-order valence-electron chi connectivity index (χ2n) is 6.07. The fourth-order valence-corrected chi connectivity index (χ4v) is 3.34. The lowest BCUT2D eigenvalue weighted by molar-refractivity contribution is 0.341. The first kappa shape index (κ1) is 19.3. The summed E-state index contributed by atoms with van der Waals surface area (Å²) >= 11 is 0. The zero-order valence-corrected chi connectivity index (χ0v) is 15.8. The Morgan fingerprint density at radius 1 is 0.920 bits per heavy atom. The van der Waals surface area contributed by atoms with Gasteiger partial charge in [0.1, 0.15) is 18.1 Å². The van der Waals surface area contributed by atoms with Crippen LogP contribution in [-0.2, 0) is 22.9 Å². The highest BCUT2D eigenvalue weighted by atomic mass is 32.2. The molecule has 2 aromatic carbocycles. The smallest absolute Gasteiger partial charge is 0.236 e. The van der Waals surface area contributed by atoms with Crippen molar-refractivity contribution in [3.8, 4) is 5.75 Å². The molecule has 0 aliphatic heterocycles. The summed E-state index contributed by atoms with van der Waals surface area (Å²) in [6.07, 6.45) is 4.28. The van der Waals surface area contributed by atoms with Crippen LogP contribution in [0.5, 0.6) is 5.75 Å². The van der Waals surface area contributed by atoms with E-state index in [1.807, 2.05) is 48.5 Å². The Balaban J connectivity index is 1.82. The summed E-state index contributed by atoms with van der Waals surface area (Å²) in [6.45, 7) is 4.36. The van der Waals surface area contributed by atoms with E-state index in [2.05, 4.69) is 18.6 Å². The van der Waals surface area contributed by atoms with Crippen LogP contribution in [0.25, 0.3) is 0 Å². The number of aryl methyl sites for hydroxylation is 2. The van der Waals surface area contributed by atoms with E-state index in [9.17, 15) is 8.42 Å². The number of unbranched alkanes of at least 4 members (excludes halogenated alkanes) is 1. The van der Waals surface area contributed by atoms with Crippen LogP contribution in [0.3, 0.4) is 0 Å². The third-order valence-corrected chi connectivity index (χ3v) is 5.25. The summed E-state index contributed by atoms with van der Waals surface area (Å²) < 4.78 is 32.4. The molecule has 25 heavy (non-hydrogen) atoms. The third kappa shape index (κ3) is 6.78. The molecule has 0 unspecified atom stereocenters. The van der Waals surface area contributed by atoms with Gasteiger partial charge in [-0.25, -0.2) is 8.42 Å².